The van der Waals surface area contributed by atoms with E-state index < -0.39 is 27.1 Å². The van der Waals surface area contributed by atoms with E-state index in [1.807, 2.05) is 0 Å². The molecule has 0 aliphatic carbocycles. The van der Waals surface area contributed by atoms with Crippen molar-refractivity contribution in [3.05, 3.63) is 70.6 Å². The SMILES string of the molecule is CS(=O)(=O)c1ccc(-c2cn[nH]c(=O)c2-c2ccc(C(F)(F)F)cc2)cc1. The molecule has 0 bridgehead atoms. The summed E-state index contributed by atoms with van der Waals surface area (Å²) in [4.78, 5) is 12.4. The topological polar surface area (TPSA) is 79.9 Å². The minimum absolute atomic E-state index is 0.111. The maximum Gasteiger partial charge on any atom is 0.416 e. The maximum atomic E-state index is 12.8. The molecule has 0 aliphatic rings. The summed E-state index contributed by atoms with van der Waals surface area (Å²) in [6, 6.07) is 10.0. The lowest BCUT2D eigenvalue weighted by Gasteiger charge is -2.11. The molecule has 0 aliphatic heterocycles. The Bertz CT molecular complexity index is 1130. The largest absolute Gasteiger partial charge is 0.416 e. The van der Waals surface area contributed by atoms with Crippen molar-refractivity contribution in [2.75, 3.05) is 6.26 Å². The average Bonchev–Trinajstić information content (AvgIpc) is 2.60. The molecule has 3 aromatic rings. The van der Waals surface area contributed by atoms with Crippen molar-refractivity contribution in [2.24, 2.45) is 0 Å². The number of aromatic amines is 1. The summed E-state index contributed by atoms with van der Waals surface area (Å²) in [5, 5.41) is 6.00. The zero-order valence-corrected chi connectivity index (χ0v) is 14.7. The molecule has 9 heteroatoms. The molecule has 1 heterocycles. The third-order valence-corrected chi connectivity index (χ3v) is 5.08. The Morgan fingerprint density at radius 2 is 1.48 bits per heavy atom. The monoisotopic (exact) mass is 394 g/mol. The maximum absolute atomic E-state index is 12.8. The van der Waals surface area contributed by atoms with E-state index in [9.17, 15) is 26.4 Å². The second-order valence-corrected chi connectivity index (χ2v) is 7.88. The zero-order valence-electron chi connectivity index (χ0n) is 13.9. The van der Waals surface area contributed by atoms with Crippen molar-refractivity contribution in [2.45, 2.75) is 11.1 Å². The number of benzene rings is 2. The molecule has 0 radical (unpaired) electrons. The third kappa shape index (κ3) is 3.92. The van der Waals surface area contributed by atoms with Gasteiger partial charge in [-0.15, -0.1) is 0 Å². The van der Waals surface area contributed by atoms with E-state index in [2.05, 4.69) is 10.2 Å². The van der Waals surface area contributed by atoms with Gasteiger partial charge in [-0.3, -0.25) is 4.79 Å². The van der Waals surface area contributed by atoms with Crippen LogP contribution in [0.2, 0.25) is 0 Å². The van der Waals surface area contributed by atoms with E-state index in [1.54, 1.807) is 0 Å². The Balaban J connectivity index is 2.12. The second kappa shape index (κ2) is 6.66. The van der Waals surface area contributed by atoms with Gasteiger partial charge in [0.25, 0.3) is 5.56 Å². The number of sulfone groups is 1. The fourth-order valence-corrected chi connectivity index (χ4v) is 3.24. The van der Waals surface area contributed by atoms with Crippen LogP contribution in [0.1, 0.15) is 5.56 Å². The van der Waals surface area contributed by atoms with Gasteiger partial charge in [0.2, 0.25) is 0 Å². The Hall–Kier alpha value is -2.94. The number of aromatic nitrogens is 2. The van der Waals surface area contributed by atoms with Gasteiger partial charge in [-0.1, -0.05) is 24.3 Å². The predicted molar refractivity (Wildman–Crippen MR) is 93.8 cm³/mol. The smallest absolute Gasteiger partial charge is 0.267 e. The molecule has 0 fully saturated rings. The molecule has 27 heavy (non-hydrogen) atoms. The van der Waals surface area contributed by atoms with Crippen LogP contribution in [0, 0.1) is 0 Å². The van der Waals surface area contributed by atoms with E-state index >= 15 is 0 Å². The Morgan fingerprint density at radius 3 is 2.00 bits per heavy atom. The minimum atomic E-state index is -4.48. The van der Waals surface area contributed by atoms with Crippen LogP contribution < -0.4 is 5.56 Å². The van der Waals surface area contributed by atoms with Gasteiger partial charge in [-0.25, -0.2) is 13.5 Å². The molecule has 0 atom stereocenters. The standard InChI is InChI=1S/C18H13F3N2O3S/c1-27(25,26)14-8-4-11(5-9-14)15-10-22-23-17(24)16(15)12-2-6-13(7-3-12)18(19,20)21/h2-10H,1H3,(H,23,24). The van der Waals surface area contributed by atoms with Gasteiger partial charge < -0.3 is 0 Å². The number of nitrogens with one attached hydrogen (secondary N) is 1. The normalized spacial score (nSPS) is 12.1. The first-order valence-corrected chi connectivity index (χ1v) is 9.52. The number of nitrogens with zero attached hydrogens (tertiary/aromatic N) is 1. The van der Waals surface area contributed by atoms with E-state index in [0.29, 0.717) is 11.1 Å². The lowest BCUT2D eigenvalue weighted by Crippen LogP contribution is -2.12. The molecule has 0 saturated heterocycles. The molecule has 2 aromatic carbocycles. The van der Waals surface area contributed by atoms with Crippen molar-refractivity contribution >= 4 is 9.84 Å². The van der Waals surface area contributed by atoms with Crippen molar-refractivity contribution < 1.29 is 21.6 Å². The molecular weight excluding hydrogens is 381 g/mol. The third-order valence-electron chi connectivity index (χ3n) is 3.95. The first-order valence-electron chi connectivity index (χ1n) is 7.63. The fraction of sp³-hybridized carbons (Fsp3) is 0.111. The van der Waals surface area contributed by atoms with E-state index in [4.69, 9.17) is 0 Å². The van der Waals surface area contributed by atoms with Crippen LogP contribution >= 0.6 is 0 Å². The van der Waals surface area contributed by atoms with E-state index in [1.165, 1.54) is 42.6 Å². The minimum Gasteiger partial charge on any atom is -0.267 e. The molecule has 140 valence electrons. The number of H-pyrrole nitrogens is 1. The van der Waals surface area contributed by atoms with Crippen LogP contribution in [0.5, 0.6) is 0 Å². The predicted octanol–water partition coefficient (Wildman–Crippen LogP) is 3.53. The number of halogens is 3. The number of hydrogen-bond donors (Lipinski definition) is 1. The highest BCUT2D eigenvalue weighted by molar-refractivity contribution is 7.90. The van der Waals surface area contributed by atoms with Crippen LogP contribution in [-0.2, 0) is 16.0 Å². The number of hydrogen-bond acceptors (Lipinski definition) is 4. The van der Waals surface area contributed by atoms with Crippen molar-refractivity contribution in [3.8, 4) is 22.3 Å². The summed E-state index contributed by atoms with van der Waals surface area (Å²) >= 11 is 0. The quantitative estimate of drug-likeness (QED) is 0.737. The molecule has 0 amide bonds. The second-order valence-electron chi connectivity index (χ2n) is 5.86. The van der Waals surface area contributed by atoms with Gasteiger partial charge in [0.05, 0.1) is 22.2 Å². The van der Waals surface area contributed by atoms with Gasteiger partial charge in [0.15, 0.2) is 9.84 Å². The average molecular weight is 394 g/mol. The van der Waals surface area contributed by atoms with Crippen LogP contribution in [0.3, 0.4) is 0 Å². The summed E-state index contributed by atoms with van der Waals surface area (Å²) in [7, 11) is -3.38. The zero-order chi connectivity index (χ0) is 19.8. The van der Waals surface area contributed by atoms with Crippen molar-refractivity contribution in [3.63, 3.8) is 0 Å². The molecule has 1 aromatic heterocycles. The van der Waals surface area contributed by atoms with Gasteiger partial charge >= 0.3 is 6.18 Å². The molecule has 5 nitrogen and oxygen atoms in total. The van der Waals surface area contributed by atoms with Crippen molar-refractivity contribution in [1.82, 2.24) is 10.2 Å². The Morgan fingerprint density at radius 1 is 0.926 bits per heavy atom. The molecule has 0 saturated carbocycles. The van der Waals surface area contributed by atoms with Gasteiger partial charge in [-0.05, 0) is 35.4 Å². The van der Waals surface area contributed by atoms with Gasteiger partial charge in [0, 0.05) is 11.8 Å². The molecule has 1 N–H and O–H groups in total. The number of rotatable bonds is 3. The number of alkyl halides is 3. The van der Waals surface area contributed by atoms with Gasteiger partial charge in [0.1, 0.15) is 0 Å². The first kappa shape index (κ1) is 18.8. The highest BCUT2D eigenvalue weighted by Gasteiger charge is 2.30. The van der Waals surface area contributed by atoms with E-state index in [-0.39, 0.29) is 16.0 Å². The highest BCUT2D eigenvalue weighted by atomic mass is 32.2. The summed E-state index contributed by atoms with van der Waals surface area (Å²) < 4.78 is 61.4. The first-order chi connectivity index (χ1) is 12.6. The lowest BCUT2D eigenvalue weighted by molar-refractivity contribution is -0.137. The lowest BCUT2D eigenvalue weighted by atomic mass is 9.97. The molecule has 0 unspecified atom stereocenters. The summed E-state index contributed by atoms with van der Waals surface area (Å²) in [6.07, 6.45) is -2.04. The van der Waals surface area contributed by atoms with Crippen molar-refractivity contribution in [1.29, 1.82) is 0 Å². The van der Waals surface area contributed by atoms with Crippen LogP contribution in [0.15, 0.2) is 64.4 Å². The summed E-state index contributed by atoms with van der Waals surface area (Å²) in [5.41, 5.74) is -0.0793. The van der Waals surface area contributed by atoms with Crippen LogP contribution in [-0.4, -0.2) is 24.9 Å². The molecule has 3 rings (SSSR count). The van der Waals surface area contributed by atoms with E-state index in [0.717, 1.165) is 18.4 Å². The fourth-order valence-electron chi connectivity index (χ4n) is 2.61. The van der Waals surface area contributed by atoms with Gasteiger partial charge in [-0.2, -0.15) is 18.3 Å². The Labute approximate surface area is 152 Å². The van der Waals surface area contributed by atoms with Crippen LogP contribution in [0.4, 0.5) is 13.2 Å². The Kier molecular flexibility index (Phi) is 4.64. The highest BCUT2D eigenvalue weighted by Crippen LogP contribution is 2.33. The molecule has 0 spiro atoms. The molecular formula is C18H13F3N2O3S. The van der Waals surface area contributed by atoms with Crippen LogP contribution in [0.25, 0.3) is 22.3 Å². The summed E-state index contributed by atoms with van der Waals surface area (Å²) in [6.45, 7) is 0. The summed E-state index contributed by atoms with van der Waals surface area (Å²) in [5.74, 6) is 0.